The molecule has 2 aliphatic rings. The summed E-state index contributed by atoms with van der Waals surface area (Å²) in [5.74, 6) is -0.237. The first-order valence-electron chi connectivity index (χ1n) is 20.8. The predicted molar refractivity (Wildman–Crippen MR) is 232 cm³/mol. The molecule has 0 radical (unpaired) electrons. The summed E-state index contributed by atoms with van der Waals surface area (Å²) in [5.41, 5.74) is 13.6. The minimum Gasteiger partial charge on any atom is -0.327 e. The molecule has 2 fully saturated rings. The maximum absolute atomic E-state index is 13.5. The van der Waals surface area contributed by atoms with Gasteiger partial charge in [-0.05, 0) is 101 Å². The summed E-state index contributed by atoms with van der Waals surface area (Å²) in [5, 5.41) is 12.1. The van der Waals surface area contributed by atoms with Crippen LogP contribution in [0.4, 0.5) is 4.39 Å². The van der Waals surface area contributed by atoms with Crippen LogP contribution in [0.2, 0.25) is 0 Å². The van der Waals surface area contributed by atoms with Gasteiger partial charge in [0.2, 0.25) is 0 Å². The summed E-state index contributed by atoms with van der Waals surface area (Å²) in [6.07, 6.45) is 10.7. The van der Waals surface area contributed by atoms with Gasteiger partial charge in [0.25, 0.3) is 0 Å². The molecule has 0 unspecified atom stereocenters. The number of nitrogens with zero attached hydrogens (tertiary/aromatic N) is 9. The molecule has 5 heterocycles. The van der Waals surface area contributed by atoms with Crippen molar-refractivity contribution in [2.24, 2.45) is 14.1 Å². The topological polar surface area (TPSA) is 105 Å². The molecule has 1 aliphatic heterocycles. The summed E-state index contributed by atoms with van der Waals surface area (Å²) in [6.45, 7) is 8.32. The maximum atomic E-state index is 13.5. The molecule has 11 nitrogen and oxygen atoms in total. The minimum absolute atomic E-state index is 0.00404. The highest BCUT2D eigenvalue weighted by Crippen LogP contribution is 2.39. The summed E-state index contributed by atoms with van der Waals surface area (Å²) in [6, 6.07) is 28.9. The SMILES string of the molecule is CC(C)n1nnc2ccc(-c3c(-c4ccc(F)cc4)ncn3C3CCCC3)cc21.Cc1cccc(Cc2ncn([C@H]3CCNC3)c2-c2ccc3c(c2)n(C)c(=O)n3C)c1. The smallest absolute Gasteiger partial charge is 0.327 e. The molecule has 4 aromatic carbocycles. The Labute approximate surface area is 343 Å². The average molecular weight is 791 g/mol. The Balaban J connectivity index is 0.000000152. The van der Waals surface area contributed by atoms with Crippen LogP contribution in [0.25, 0.3) is 55.8 Å². The third kappa shape index (κ3) is 7.30. The lowest BCUT2D eigenvalue weighted by Gasteiger charge is -2.17. The van der Waals surface area contributed by atoms with Crippen molar-refractivity contribution in [2.75, 3.05) is 13.1 Å². The van der Waals surface area contributed by atoms with Gasteiger partial charge in [-0.3, -0.25) is 9.13 Å². The Morgan fingerprint density at radius 3 is 2.20 bits per heavy atom. The maximum Gasteiger partial charge on any atom is 0.328 e. The fourth-order valence-corrected chi connectivity index (χ4v) is 9.06. The van der Waals surface area contributed by atoms with Gasteiger partial charge in [0.1, 0.15) is 11.3 Å². The molecule has 1 saturated heterocycles. The monoisotopic (exact) mass is 790 g/mol. The molecule has 10 rings (SSSR count). The summed E-state index contributed by atoms with van der Waals surface area (Å²) in [7, 11) is 3.66. The summed E-state index contributed by atoms with van der Waals surface area (Å²) < 4.78 is 23.5. The van der Waals surface area contributed by atoms with E-state index in [1.807, 2.05) is 43.6 Å². The van der Waals surface area contributed by atoms with Gasteiger partial charge in [-0.25, -0.2) is 23.8 Å². The third-order valence-electron chi connectivity index (χ3n) is 12.2. The molecule has 4 aromatic heterocycles. The van der Waals surface area contributed by atoms with E-state index in [4.69, 9.17) is 9.97 Å². The lowest BCUT2D eigenvalue weighted by Crippen LogP contribution is -2.19. The molecule has 0 spiro atoms. The molecule has 59 heavy (non-hydrogen) atoms. The van der Waals surface area contributed by atoms with Crippen LogP contribution in [0.5, 0.6) is 0 Å². The number of aryl methyl sites for hydroxylation is 3. The quantitative estimate of drug-likeness (QED) is 0.165. The Morgan fingerprint density at radius 2 is 1.46 bits per heavy atom. The van der Waals surface area contributed by atoms with Crippen LogP contribution in [-0.2, 0) is 20.5 Å². The van der Waals surface area contributed by atoms with Gasteiger partial charge >= 0.3 is 5.69 Å². The Hall–Kier alpha value is -6.14. The molecule has 1 atom stereocenters. The number of imidazole rings is 3. The van der Waals surface area contributed by atoms with Crippen molar-refractivity contribution in [1.82, 2.24) is 48.5 Å². The van der Waals surface area contributed by atoms with Crippen molar-refractivity contribution in [3.8, 4) is 33.8 Å². The molecule has 0 bridgehead atoms. The fraction of sp³-hybridized carbons (Fsp3) is 0.340. The van der Waals surface area contributed by atoms with E-state index in [1.54, 1.807) is 21.3 Å². The van der Waals surface area contributed by atoms with E-state index in [1.165, 1.54) is 48.9 Å². The van der Waals surface area contributed by atoms with Crippen molar-refractivity contribution in [3.63, 3.8) is 0 Å². The van der Waals surface area contributed by atoms with Crippen LogP contribution in [0.1, 0.15) is 80.9 Å². The molecule has 1 saturated carbocycles. The van der Waals surface area contributed by atoms with Gasteiger partial charge in [0, 0.05) is 61.9 Å². The van der Waals surface area contributed by atoms with E-state index >= 15 is 0 Å². The van der Waals surface area contributed by atoms with E-state index in [9.17, 15) is 9.18 Å². The fourth-order valence-electron chi connectivity index (χ4n) is 9.06. The van der Waals surface area contributed by atoms with Gasteiger partial charge in [-0.15, -0.1) is 5.10 Å². The zero-order valence-electron chi connectivity index (χ0n) is 34.4. The van der Waals surface area contributed by atoms with Crippen molar-refractivity contribution >= 4 is 22.1 Å². The number of benzene rings is 4. The number of hydrogen-bond acceptors (Lipinski definition) is 6. The zero-order chi connectivity index (χ0) is 40.8. The van der Waals surface area contributed by atoms with Crippen molar-refractivity contribution in [3.05, 3.63) is 131 Å². The Morgan fingerprint density at radius 1 is 0.763 bits per heavy atom. The van der Waals surface area contributed by atoms with E-state index in [2.05, 4.69) is 94.1 Å². The first-order valence-corrected chi connectivity index (χ1v) is 20.8. The molecule has 12 heteroatoms. The number of aromatic nitrogens is 9. The Bertz CT molecular complexity index is 2830. The lowest BCUT2D eigenvalue weighted by atomic mass is 10.0. The van der Waals surface area contributed by atoms with Gasteiger partial charge in [0.15, 0.2) is 0 Å². The van der Waals surface area contributed by atoms with Gasteiger partial charge in [-0.1, -0.05) is 60.0 Å². The Kier molecular flexibility index (Phi) is 10.3. The molecule has 0 amide bonds. The zero-order valence-corrected chi connectivity index (χ0v) is 34.4. The van der Waals surface area contributed by atoms with Crippen molar-refractivity contribution < 1.29 is 4.39 Å². The molecule has 302 valence electrons. The molecule has 1 aliphatic carbocycles. The van der Waals surface area contributed by atoms with Crippen LogP contribution in [0, 0.1) is 12.7 Å². The second-order valence-electron chi connectivity index (χ2n) is 16.5. The van der Waals surface area contributed by atoms with E-state index < -0.39 is 0 Å². The van der Waals surface area contributed by atoms with Gasteiger partial charge < -0.3 is 14.5 Å². The average Bonchev–Trinajstić information content (AvgIpc) is 4.10. The highest BCUT2D eigenvalue weighted by atomic mass is 19.1. The van der Waals surface area contributed by atoms with Crippen LogP contribution < -0.4 is 11.0 Å². The van der Waals surface area contributed by atoms with Crippen LogP contribution in [0.15, 0.2) is 102 Å². The number of hydrogen-bond donors (Lipinski definition) is 1. The molecular formula is C47H51FN10O. The van der Waals surface area contributed by atoms with E-state index in [-0.39, 0.29) is 17.5 Å². The summed E-state index contributed by atoms with van der Waals surface area (Å²) in [4.78, 5) is 22.0. The summed E-state index contributed by atoms with van der Waals surface area (Å²) >= 11 is 0. The number of nitrogens with one attached hydrogen (secondary N) is 1. The first-order chi connectivity index (χ1) is 28.6. The van der Waals surface area contributed by atoms with Crippen LogP contribution in [0.3, 0.4) is 0 Å². The van der Waals surface area contributed by atoms with E-state index in [0.29, 0.717) is 12.1 Å². The third-order valence-corrected chi connectivity index (χ3v) is 12.2. The predicted octanol–water partition coefficient (Wildman–Crippen LogP) is 8.97. The second kappa shape index (κ2) is 15.9. The standard InChI is InChI=1S/C24H27N5O.C23H24FN5/c1-16-5-4-6-17(11-16)12-20-23(29(15-26-20)19-9-10-25-14-19)18-7-8-21-22(13-18)28(3)24(30)27(21)2;1-15(2)29-21-13-17(9-12-20(21)26-27-29)23-22(16-7-10-18(24)11-8-16)25-14-28(23)19-5-3-4-6-19/h4-8,11,13,15,19,25H,9-10,12,14H2,1-3H3;7-15,19H,3-6H2,1-2H3/t19-;/m0./s1. The largest absolute Gasteiger partial charge is 0.328 e. The number of fused-ring (bicyclic) bond motifs is 2. The molecule has 1 N–H and O–H groups in total. The van der Waals surface area contributed by atoms with Crippen LogP contribution in [-0.4, -0.2) is 56.3 Å². The molecular weight excluding hydrogens is 740 g/mol. The second-order valence-corrected chi connectivity index (χ2v) is 16.5. The highest BCUT2D eigenvalue weighted by Gasteiger charge is 2.25. The van der Waals surface area contributed by atoms with Crippen LogP contribution >= 0.6 is 0 Å². The van der Waals surface area contributed by atoms with Gasteiger partial charge in [0.05, 0.1) is 52.0 Å². The number of halogens is 1. The number of rotatable bonds is 8. The normalized spacial score (nSPS) is 15.8. The molecule has 8 aromatic rings. The highest BCUT2D eigenvalue weighted by molar-refractivity contribution is 5.86. The lowest BCUT2D eigenvalue weighted by molar-refractivity contribution is 0.522. The van der Waals surface area contributed by atoms with Crippen molar-refractivity contribution in [2.45, 2.75) is 77.4 Å². The van der Waals surface area contributed by atoms with Crippen molar-refractivity contribution in [1.29, 1.82) is 0 Å². The first kappa shape index (κ1) is 38.4. The van der Waals surface area contributed by atoms with Gasteiger partial charge in [-0.2, -0.15) is 0 Å². The van der Waals surface area contributed by atoms with E-state index in [0.717, 1.165) is 87.5 Å². The minimum atomic E-state index is -0.237.